The lowest BCUT2D eigenvalue weighted by Crippen LogP contribution is -2.12. The van der Waals surface area contributed by atoms with Gasteiger partial charge in [0, 0.05) is 24.8 Å². The van der Waals surface area contributed by atoms with Gasteiger partial charge >= 0.3 is 0 Å². The zero-order valence-electron chi connectivity index (χ0n) is 10.6. The van der Waals surface area contributed by atoms with Crippen LogP contribution in [0.5, 0.6) is 0 Å². The van der Waals surface area contributed by atoms with Crippen LogP contribution in [0.1, 0.15) is 44.3 Å². The van der Waals surface area contributed by atoms with Crippen molar-refractivity contribution in [3.8, 4) is 0 Å². The van der Waals surface area contributed by atoms with Gasteiger partial charge in [0.15, 0.2) is 0 Å². The molecule has 4 heteroatoms. The second kappa shape index (κ2) is 4.23. The summed E-state index contributed by atoms with van der Waals surface area (Å²) < 4.78 is 8.79. The number of hydrogen-bond acceptors (Lipinski definition) is 2. The van der Waals surface area contributed by atoms with Crippen molar-refractivity contribution < 1.29 is 4.74 Å². The Morgan fingerprint density at radius 3 is 2.59 bits per heavy atom. The molecule has 1 aromatic heterocycles. The first-order valence-corrected chi connectivity index (χ1v) is 7.47. The van der Waals surface area contributed by atoms with Crippen LogP contribution in [0.2, 0.25) is 0 Å². The van der Waals surface area contributed by atoms with E-state index in [1.165, 1.54) is 18.5 Å². The van der Waals surface area contributed by atoms with Gasteiger partial charge in [-0.25, -0.2) is 0 Å². The molecule has 2 aliphatic carbocycles. The Morgan fingerprint density at radius 1 is 1.41 bits per heavy atom. The van der Waals surface area contributed by atoms with Crippen molar-refractivity contribution in [2.45, 2.75) is 44.8 Å². The normalized spacial score (nSPS) is 35.4. The molecule has 0 aliphatic heterocycles. The van der Waals surface area contributed by atoms with E-state index in [1.54, 1.807) is 0 Å². The average molecular weight is 346 g/mol. The highest BCUT2D eigenvalue weighted by Gasteiger charge is 2.57. The largest absolute Gasteiger partial charge is 0.381 e. The first kappa shape index (κ1) is 12.0. The molecule has 0 bridgehead atoms. The molecular weight excluding hydrogens is 327 g/mol. The van der Waals surface area contributed by atoms with E-state index in [0.29, 0.717) is 12.1 Å². The van der Waals surface area contributed by atoms with E-state index >= 15 is 0 Å². The van der Waals surface area contributed by atoms with E-state index in [9.17, 15) is 0 Å². The van der Waals surface area contributed by atoms with Crippen LogP contribution in [0.4, 0.5) is 0 Å². The van der Waals surface area contributed by atoms with Crippen LogP contribution in [0.3, 0.4) is 0 Å². The van der Waals surface area contributed by atoms with Crippen LogP contribution in [-0.2, 0) is 4.74 Å². The zero-order valence-corrected chi connectivity index (χ0v) is 12.7. The molecular formula is C13H19IN2O. The molecule has 1 heterocycles. The third kappa shape index (κ3) is 1.93. The molecule has 4 atom stereocenters. The van der Waals surface area contributed by atoms with Gasteiger partial charge in [-0.2, -0.15) is 5.10 Å². The molecule has 0 saturated heterocycles. The monoisotopic (exact) mass is 346 g/mol. The molecule has 1 unspecified atom stereocenters. The average Bonchev–Trinajstić information content (AvgIpc) is 2.66. The van der Waals surface area contributed by atoms with Crippen LogP contribution < -0.4 is 0 Å². The molecule has 3 rings (SSSR count). The van der Waals surface area contributed by atoms with Gasteiger partial charge in [-0.1, -0.05) is 0 Å². The maximum absolute atomic E-state index is 5.46. The van der Waals surface area contributed by atoms with Crippen LogP contribution in [-0.4, -0.2) is 23.0 Å². The fraction of sp³-hybridized carbons (Fsp3) is 0.769. The molecule has 2 fully saturated rings. The summed E-state index contributed by atoms with van der Waals surface area (Å²) in [4.78, 5) is 0. The predicted molar refractivity (Wildman–Crippen MR) is 75.1 cm³/mol. The van der Waals surface area contributed by atoms with Gasteiger partial charge in [0.05, 0.1) is 6.10 Å². The van der Waals surface area contributed by atoms with Crippen molar-refractivity contribution in [3.05, 3.63) is 15.5 Å². The summed E-state index contributed by atoms with van der Waals surface area (Å²) in [5.41, 5.74) is 1.45. The maximum atomic E-state index is 5.46. The van der Waals surface area contributed by atoms with E-state index in [2.05, 4.69) is 52.3 Å². The van der Waals surface area contributed by atoms with Gasteiger partial charge in [-0.3, -0.25) is 4.68 Å². The molecule has 0 amide bonds. The van der Waals surface area contributed by atoms with E-state index in [1.807, 2.05) is 7.11 Å². The smallest absolute Gasteiger partial charge is 0.123 e. The van der Waals surface area contributed by atoms with Crippen LogP contribution in [0.25, 0.3) is 0 Å². The number of hydrogen-bond donors (Lipinski definition) is 0. The van der Waals surface area contributed by atoms with Crippen molar-refractivity contribution in [1.82, 2.24) is 9.78 Å². The first-order valence-electron chi connectivity index (χ1n) is 6.39. The number of fused-ring (bicyclic) bond motifs is 1. The Bertz CT molecular complexity index is 417. The van der Waals surface area contributed by atoms with Gasteiger partial charge < -0.3 is 4.74 Å². The Kier molecular flexibility index (Phi) is 2.97. The molecule has 3 nitrogen and oxygen atoms in total. The van der Waals surface area contributed by atoms with Crippen LogP contribution in [0, 0.1) is 15.5 Å². The van der Waals surface area contributed by atoms with Gasteiger partial charge in [-0.05, 0) is 67.2 Å². The predicted octanol–water partition coefficient (Wildman–Crippen LogP) is 3.21. The van der Waals surface area contributed by atoms with Crippen molar-refractivity contribution >= 4 is 22.6 Å². The van der Waals surface area contributed by atoms with Crippen LogP contribution in [0.15, 0.2) is 6.07 Å². The molecule has 94 valence electrons. The highest BCUT2D eigenvalue weighted by molar-refractivity contribution is 14.1. The lowest BCUT2D eigenvalue weighted by molar-refractivity contribution is 0.0961. The second-order valence-corrected chi connectivity index (χ2v) is 6.72. The Balaban J connectivity index is 1.80. The summed E-state index contributed by atoms with van der Waals surface area (Å²) in [6, 6.07) is 2.74. The van der Waals surface area contributed by atoms with Crippen molar-refractivity contribution in [2.75, 3.05) is 7.11 Å². The quantitative estimate of drug-likeness (QED) is 0.786. The number of methoxy groups -OCH3 is 1. The standard InChI is InChI=1S/C13H19IN2O/c1-7(2)16-11(6-12(14)15-16)13-9-4-8(17-3)5-10(9)13/h6-10,13H,4-5H2,1-3H3/t8-,9-,10+,13?. The minimum absolute atomic E-state index is 0.466. The SMILES string of the molecule is CO[C@H]1C[C@@H]2C(c3cc(I)nn3C(C)C)[C@@H]2C1. The fourth-order valence-electron chi connectivity index (χ4n) is 3.46. The van der Waals surface area contributed by atoms with Crippen LogP contribution >= 0.6 is 22.6 Å². The van der Waals surface area contributed by atoms with E-state index in [4.69, 9.17) is 4.74 Å². The summed E-state index contributed by atoms with van der Waals surface area (Å²) in [6.45, 7) is 4.42. The minimum atomic E-state index is 0.466. The molecule has 2 saturated carbocycles. The summed E-state index contributed by atoms with van der Waals surface area (Å²) >= 11 is 2.32. The van der Waals surface area contributed by atoms with Gasteiger partial charge in [0.1, 0.15) is 3.70 Å². The van der Waals surface area contributed by atoms with Crippen molar-refractivity contribution in [2.24, 2.45) is 11.8 Å². The topological polar surface area (TPSA) is 27.1 Å². The first-order chi connectivity index (χ1) is 8.11. The lowest BCUT2D eigenvalue weighted by Gasteiger charge is -2.15. The maximum Gasteiger partial charge on any atom is 0.123 e. The summed E-state index contributed by atoms with van der Waals surface area (Å²) in [6.07, 6.45) is 2.99. The fourth-order valence-corrected chi connectivity index (χ4v) is 4.01. The van der Waals surface area contributed by atoms with Gasteiger partial charge in [0.25, 0.3) is 0 Å². The molecule has 0 spiro atoms. The molecule has 17 heavy (non-hydrogen) atoms. The van der Waals surface area contributed by atoms with E-state index < -0.39 is 0 Å². The highest BCUT2D eigenvalue weighted by Crippen LogP contribution is 2.63. The van der Waals surface area contributed by atoms with Crippen molar-refractivity contribution in [3.63, 3.8) is 0 Å². The number of rotatable bonds is 3. The summed E-state index contributed by atoms with van der Waals surface area (Å²) in [7, 11) is 1.84. The molecule has 1 aromatic rings. The van der Waals surface area contributed by atoms with E-state index in [0.717, 1.165) is 21.5 Å². The molecule has 0 N–H and O–H groups in total. The second-order valence-electron chi connectivity index (χ2n) is 5.61. The minimum Gasteiger partial charge on any atom is -0.381 e. The number of halogens is 1. The Labute approximate surface area is 116 Å². The van der Waals surface area contributed by atoms with Gasteiger partial charge in [0.2, 0.25) is 0 Å². The number of ether oxygens (including phenoxy) is 1. The highest BCUT2D eigenvalue weighted by atomic mass is 127. The van der Waals surface area contributed by atoms with Gasteiger partial charge in [-0.15, -0.1) is 0 Å². The zero-order chi connectivity index (χ0) is 12.2. The molecule has 2 aliphatic rings. The number of nitrogens with zero attached hydrogens (tertiary/aromatic N) is 2. The van der Waals surface area contributed by atoms with Crippen molar-refractivity contribution in [1.29, 1.82) is 0 Å². The lowest BCUT2D eigenvalue weighted by atomic mass is 10.1. The Morgan fingerprint density at radius 2 is 2.06 bits per heavy atom. The third-order valence-corrected chi connectivity index (χ3v) is 4.83. The number of aromatic nitrogens is 2. The summed E-state index contributed by atoms with van der Waals surface area (Å²) in [5.74, 6) is 2.45. The summed E-state index contributed by atoms with van der Waals surface area (Å²) in [5, 5.41) is 4.61. The molecule has 0 radical (unpaired) electrons. The molecule has 0 aromatic carbocycles. The van der Waals surface area contributed by atoms with E-state index in [-0.39, 0.29) is 0 Å². The Hall–Kier alpha value is -0.100. The third-order valence-electron chi connectivity index (χ3n) is 4.30.